The van der Waals surface area contributed by atoms with Gasteiger partial charge in [-0.1, -0.05) is 12.1 Å². The van der Waals surface area contributed by atoms with E-state index in [1.165, 1.54) is 12.1 Å². The number of amides is 3. The third-order valence-corrected chi connectivity index (χ3v) is 4.92. The Balaban J connectivity index is 2.69. The summed E-state index contributed by atoms with van der Waals surface area (Å²) in [4.78, 5) is 52.4. The van der Waals surface area contributed by atoms with E-state index in [-0.39, 0.29) is 37.5 Å². The van der Waals surface area contributed by atoms with Gasteiger partial charge in [0.1, 0.15) is 23.9 Å². The highest BCUT2D eigenvalue weighted by molar-refractivity contribution is 5.94. The molecule has 0 bridgehead atoms. The minimum Gasteiger partial charge on any atom is -0.508 e. The number of nitrogens with one attached hydrogen (secondary N) is 3. The zero-order chi connectivity index (χ0) is 27.3. The lowest BCUT2D eigenvalue weighted by Gasteiger charge is -2.23. The van der Waals surface area contributed by atoms with Gasteiger partial charge in [-0.3, -0.25) is 19.4 Å². The number of benzene rings is 1. The predicted octanol–water partition coefficient (Wildman–Crippen LogP) is -4.16. The number of carboxylic acid groups (broad SMARTS) is 1. The number of aliphatic hydroxyl groups excluding tert-OH is 2. The summed E-state index contributed by atoms with van der Waals surface area (Å²) >= 11 is 0. The molecule has 13 N–H and O–H groups in total. The highest BCUT2D eigenvalue weighted by atomic mass is 16.4. The van der Waals surface area contributed by atoms with E-state index in [4.69, 9.17) is 17.2 Å². The molecule has 0 aliphatic carbocycles. The lowest BCUT2D eigenvalue weighted by molar-refractivity contribution is -0.142. The molecule has 4 unspecified atom stereocenters. The number of rotatable bonds is 15. The molecule has 0 saturated heterocycles. The molecule has 0 spiro atoms. The van der Waals surface area contributed by atoms with Crippen LogP contribution in [0.4, 0.5) is 0 Å². The summed E-state index contributed by atoms with van der Waals surface area (Å²) in [5.74, 6) is -4.24. The van der Waals surface area contributed by atoms with Crippen molar-refractivity contribution in [2.45, 2.75) is 43.4 Å². The summed E-state index contributed by atoms with van der Waals surface area (Å²) in [7, 11) is 0. The van der Waals surface area contributed by atoms with E-state index < -0.39 is 61.1 Å². The first-order valence-corrected chi connectivity index (χ1v) is 10.9. The van der Waals surface area contributed by atoms with Crippen LogP contribution in [-0.4, -0.2) is 94.0 Å². The van der Waals surface area contributed by atoms with Crippen molar-refractivity contribution in [1.29, 1.82) is 0 Å². The van der Waals surface area contributed by atoms with Gasteiger partial charge in [-0.25, -0.2) is 4.79 Å². The van der Waals surface area contributed by atoms with Crippen LogP contribution >= 0.6 is 0 Å². The van der Waals surface area contributed by atoms with Gasteiger partial charge in [0.15, 0.2) is 5.96 Å². The number of aliphatic imine (C=N–C) groups is 1. The first-order valence-electron chi connectivity index (χ1n) is 10.9. The van der Waals surface area contributed by atoms with Gasteiger partial charge in [0, 0.05) is 6.54 Å². The molecule has 1 rings (SSSR count). The van der Waals surface area contributed by atoms with Crippen molar-refractivity contribution in [2.75, 3.05) is 19.8 Å². The summed E-state index contributed by atoms with van der Waals surface area (Å²) in [6, 6.07) is 0.468. The number of aromatic hydroxyl groups is 1. The van der Waals surface area contributed by atoms with Crippen molar-refractivity contribution in [1.82, 2.24) is 16.0 Å². The van der Waals surface area contributed by atoms with E-state index in [9.17, 15) is 39.6 Å². The Kier molecular flexibility index (Phi) is 12.6. The van der Waals surface area contributed by atoms with Crippen LogP contribution in [0.25, 0.3) is 0 Å². The number of nitrogens with zero attached hydrogens (tertiary/aromatic N) is 1. The zero-order valence-corrected chi connectivity index (χ0v) is 19.5. The van der Waals surface area contributed by atoms with Crippen LogP contribution in [0.3, 0.4) is 0 Å². The summed E-state index contributed by atoms with van der Waals surface area (Å²) in [6.45, 7) is -1.59. The molecule has 15 nitrogen and oxygen atoms in total. The second kappa shape index (κ2) is 15.1. The SMILES string of the molecule is NC(N)=NCCCC(NC(=O)C(CO)NC(=O)C(CO)NC(=O)C(N)Cc1ccc(O)cc1)C(=O)O. The van der Waals surface area contributed by atoms with Crippen LogP contribution in [0.15, 0.2) is 29.3 Å². The number of phenols is 1. The molecule has 0 fully saturated rings. The van der Waals surface area contributed by atoms with E-state index in [0.29, 0.717) is 5.56 Å². The lowest BCUT2D eigenvalue weighted by atomic mass is 10.1. The number of phenolic OH excluding ortho intramolecular Hbond substituents is 1. The molecule has 0 saturated carbocycles. The number of hydrogen-bond donors (Lipinski definition) is 10. The minimum atomic E-state index is -1.56. The van der Waals surface area contributed by atoms with E-state index in [1.807, 2.05) is 0 Å². The third kappa shape index (κ3) is 10.5. The Hall–Kier alpha value is -3.95. The van der Waals surface area contributed by atoms with Crippen molar-refractivity contribution in [3.8, 4) is 5.75 Å². The fraction of sp³-hybridized carbons (Fsp3) is 0.476. The van der Waals surface area contributed by atoms with E-state index >= 15 is 0 Å². The molecule has 0 aliphatic heterocycles. The maximum absolute atomic E-state index is 12.5. The maximum Gasteiger partial charge on any atom is 0.326 e. The first-order chi connectivity index (χ1) is 17.0. The van der Waals surface area contributed by atoms with Crippen molar-refractivity contribution < 1.29 is 39.6 Å². The highest BCUT2D eigenvalue weighted by Gasteiger charge is 2.29. The smallest absolute Gasteiger partial charge is 0.326 e. The average Bonchev–Trinajstić information content (AvgIpc) is 2.83. The topological polar surface area (TPSA) is 276 Å². The number of carboxylic acids is 1. The summed E-state index contributed by atoms with van der Waals surface area (Å²) in [5.41, 5.74) is 16.9. The largest absolute Gasteiger partial charge is 0.508 e. The Morgan fingerprint density at radius 1 is 0.861 bits per heavy atom. The Morgan fingerprint density at radius 2 is 1.36 bits per heavy atom. The van der Waals surface area contributed by atoms with Gasteiger partial charge >= 0.3 is 5.97 Å². The molecule has 15 heteroatoms. The monoisotopic (exact) mass is 511 g/mol. The van der Waals surface area contributed by atoms with Crippen LogP contribution in [0.1, 0.15) is 18.4 Å². The number of nitrogens with two attached hydrogens (primary N) is 3. The second-order valence-electron chi connectivity index (χ2n) is 7.81. The summed E-state index contributed by atoms with van der Waals surface area (Å²) in [5, 5.41) is 44.3. The standard InChI is InChI=1S/C21H33N7O8/c22-13(8-11-3-5-12(31)6-4-11)17(32)27-15(9-29)19(34)28-16(10-30)18(33)26-14(20(35)36)2-1-7-25-21(23)24/h3-6,13-16,29-31H,1-2,7-10,22H2,(H,26,33)(H,27,32)(H,28,34)(H,35,36)(H4,23,24,25). The van der Waals surface area contributed by atoms with Gasteiger partial charge in [-0.2, -0.15) is 0 Å². The van der Waals surface area contributed by atoms with Gasteiger partial charge in [-0.15, -0.1) is 0 Å². The number of carbonyl (C=O) groups excluding carboxylic acids is 3. The summed E-state index contributed by atoms with van der Waals surface area (Å²) < 4.78 is 0. The zero-order valence-electron chi connectivity index (χ0n) is 19.5. The lowest BCUT2D eigenvalue weighted by Crippen LogP contribution is -2.59. The molecule has 0 radical (unpaired) electrons. The van der Waals surface area contributed by atoms with Crippen LogP contribution in [0, 0.1) is 0 Å². The fourth-order valence-electron chi connectivity index (χ4n) is 2.95. The van der Waals surface area contributed by atoms with Crippen molar-refractivity contribution in [2.24, 2.45) is 22.2 Å². The fourth-order valence-corrected chi connectivity index (χ4v) is 2.95. The van der Waals surface area contributed by atoms with Crippen LogP contribution in [-0.2, 0) is 25.6 Å². The molecular weight excluding hydrogens is 478 g/mol. The van der Waals surface area contributed by atoms with E-state index in [0.717, 1.165) is 0 Å². The number of carbonyl (C=O) groups is 4. The normalized spacial score (nSPS) is 14.0. The van der Waals surface area contributed by atoms with E-state index in [1.54, 1.807) is 12.1 Å². The minimum absolute atomic E-state index is 0.0296. The maximum atomic E-state index is 12.5. The molecule has 0 aliphatic rings. The van der Waals surface area contributed by atoms with Gasteiger partial charge in [-0.05, 0) is 37.0 Å². The Bertz CT molecular complexity index is 921. The second-order valence-corrected chi connectivity index (χ2v) is 7.81. The molecule has 1 aromatic rings. The molecule has 0 heterocycles. The number of aliphatic carboxylic acids is 1. The van der Waals surface area contributed by atoms with Gasteiger partial charge in [0.2, 0.25) is 17.7 Å². The average molecular weight is 512 g/mol. The number of hydrogen-bond acceptors (Lipinski definition) is 9. The van der Waals surface area contributed by atoms with Crippen LogP contribution in [0.5, 0.6) is 5.75 Å². The van der Waals surface area contributed by atoms with E-state index in [2.05, 4.69) is 20.9 Å². The van der Waals surface area contributed by atoms with Crippen molar-refractivity contribution in [3.63, 3.8) is 0 Å². The first kappa shape index (κ1) is 30.1. The van der Waals surface area contributed by atoms with Gasteiger partial charge < -0.3 is 53.6 Å². The molecule has 3 amide bonds. The summed E-state index contributed by atoms with van der Waals surface area (Å²) in [6.07, 6.45) is 0.278. The van der Waals surface area contributed by atoms with Gasteiger partial charge in [0.05, 0.1) is 19.3 Å². The highest BCUT2D eigenvalue weighted by Crippen LogP contribution is 2.11. The van der Waals surface area contributed by atoms with Crippen LogP contribution in [0.2, 0.25) is 0 Å². The molecule has 36 heavy (non-hydrogen) atoms. The van der Waals surface area contributed by atoms with Crippen molar-refractivity contribution >= 4 is 29.7 Å². The van der Waals surface area contributed by atoms with Crippen LogP contribution < -0.4 is 33.2 Å². The quantitative estimate of drug-likeness (QED) is 0.0612. The predicted molar refractivity (Wildman–Crippen MR) is 127 cm³/mol. The molecule has 200 valence electrons. The third-order valence-electron chi connectivity index (χ3n) is 4.92. The molecular formula is C21H33N7O8. The van der Waals surface area contributed by atoms with Crippen molar-refractivity contribution in [3.05, 3.63) is 29.8 Å². The van der Waals surface area contributed by atoms with Gasteiger partial charge in [0.25, 0.3) is 0 Å². The number of aliphatic hydroxyl groups is 2. The molecule has 4 atom stereocenters. The Labute approximate surface area is 206 Å². The number of guanidine groups is 1. The Morgan fingerprint density at radius 3 is 1.83 bits per heavy atom. The molecule has 0 aromatic heterocycles. The molecule has 1 aromatic carbocycles.